The van der Waals surface area contributed by atoms with Crippen LogP contribution in [0.1, 0.15) is 48.6 Å². The van der Waals surface area contributed by atoms with Gasteiger partial charge in [0.15, 0.2) is 0 Å². The fraction of sp³-hybridized carbons (Fsp3) is 0.476. The highest BCUT2D eigenvalue weighted by Gasteiger charge is 2.34. The van der Waals surface area contributed by atoms with Crippen molar-refractivity contribution in [3.05, 3.63) is 53.3 Å². The number of amides is 2. The van der Waals surface area contributed by atoms with E-state index in [1.54, 1.807) is 0 Å². The Bertz CT molecular complexity index is 794. The van der Waals surface area contributed by atoms with Crippen molar-refractivity contribution >= 4 is 11.8 Å². The number of aromatic amines is 1. The van der Waals surface area contributed by atoms with Gasteiger partial charge in [0.05, 0.1) is 5.69 Å². The van der Waals surface area contributed by atoms with E-state index in [1.807, 2.05) is 23.1 Å². The second kappa shape index (κ2) is 7.94. The van der Waals surface area contributed by atoms with Crippen LogP contribution < -0.4 is 5.32 Å². The van der Waals surface area contributed by atoms with Gasteiger partial charge < -0.3 is 10.2 Å². The minimum Gasteiger partial charge on any atom is -0.355 e. The van der Waals surface area contributed by atoms with Crippen LogP contribution in [-0.2, 0) is 16.0 Å². The molecule has 27 heavy (non-hydrogen) atoms. The molecule has 1 aromatic heterocycles. The molecule has 0 radical (unpaired) electrons. The van der Waals surface area contributed by atoms with Gasteiger partial charge in [-0.05, 0) is 37.3 Å². The number of hydrogen-bond donors (Lipinski definition) is 2. The van der Waals surface area contributed by atoms with Gasteiger partial charge in [0.2, 0.25) is 11.8 Å². The van der Waals surface area contributed by atoms with E-state index < -0.39 is 5.92 Å². The molecule has 2 aromatic rings. The number of carbonyl (C=O) groups excluding carboxylic acids is 2. The van der Waals surface area contributed by atoms with Crippen LogP contribution in [0.2, 0.25) is 0 Å². The summed E-state index contributed by atoms with van der Waals surface area (Å²) in [7, 11) is 0. The van der Waals surface area contributed by atoms with E-state index in [2.05, 4.69) is 33.7 Å². The number of likely N-dealkylation sites (tertiary alicyclic amines) is 1. The maximum atomic E-state index is 12.7. The number of benzene rings is 1. The largest absolute Gasteiger partial charge is 0.355 e. The SMILES string of the molecule is O=C1NCCCC1C(=O)N1CCC(c2cc(Cc3ccccc3)[nH]n2)CC1. The van der Waals surface area contributed by atoms with Gasteiger partial charge in [-0.2, -0.15) is 5.10 Å². The molecule has 2 amide bonds. The molecule has 2 saturated heterocycles. The Balaban J connectivity index is 1.33. The second-order valence-corrected chi connectivity index (χ2v) is 7.57. The van der Waals surface area contributed by atoms with Crippen LogP contribution in [0, 0.1) is 5.92 Å². The lowest BCUT2D eigenvalue weighted by Gasteiger charge is -2.34. The van der Waals surface area contributed by atoms with Gasteiger partial charge >= 0.3 is 0 Å². The lowest BCUT2D eigenvalue weighted by atomic mass is 9.91. The Hall–Kier alpha value is -2.63. The number of H-pyrrole nitrogens is 1. The van der Waals surface area contributed by atoms with Gasteiger partial charge in [-0.3, -0.25) is 14.7 Å². The van der Waals surface area contributed by atoms with E-state index in [0.29, 0.717) is 32.0 Å². The summed E-state index contributed by atoms with van der Waals surface area (Å²) in [6.07, 6.45) is 4.20. The highest BCUT2D eigenvalue weighted by Crippen LogP contribution is 2.29. The van der Waals surface area contributed by atoms with Crippen molar-refractivity contribution in [3.63, 3.8) is 0 Å². The fourth-order valence-electron chi connectivity index (χ4n) is 4.12. The Morgan fingerprint density at radius 2 is 1.93 bits per heavy atom. The molecule has 6 heteroatoms. The number of piperidine rings is 2. The topological polar surface area (TPSA) is 78.1 Å². The molecule has 3 heterocycles. The summed E-state index contributed by atoms with van der Waals surface area (Å²) in [5.74, 6) is -0.225. The average Bonchev–Trinajstić information content (AvgIpc) is 3.17. The van der Waals surface area contributed by atoms with Gasteiger partial charge in [0.25, 0.3) is 0 Å². The molecule has 0 saturated carbocycles. The van der Waals surface area contributed by atoms with Crippen molar-refractivity contribution in [1.29, 1.82) is 0 Å². The molecule has 4 rings (SSSR count). The number of aromatic nitrogens is 2. The van der Waals surface area contributed by atoms with Crippen molar-refractivity contribution in [2.45, 2.75) is 38.0 Å². The molecule has 0 aliphatic carbocycles. The quantitative estimate of drug-likeness (QED) is 0.815. The first-order valence-electron chi connectivity index (χ1n) is 9.85. The first-order chi connectivity index (χ1) is 13.2. The molecule has 2 aliphatic heterocycles. The molecule has 142 valence electrons. The van der Waals surface area contributed by atoms with E-state index in [9.17, 15) is 9.59 Å². The zero-order chi connectivity index (χ0) is 18.6. The molecule has 1 aromatic carbocycles. The van der Waals surface area contributed by atoms with Crippen LogP contribution in [0.15, 0.2) is 36.4 Å². The summed E-state index contributed by atoms with van der Waals surface area (Å²) in [5.41, 5.74) is 3.47. The predicted octanol–water partition coefficient (Wildman–Crippen LogP) is 2.23. The highest BCUT2D eigenvalue weighted by molar-refractivity contribution is 6.00. The number of rotatable bonds is 4. The lowest BCUT2D eigenvalue weighted by molar-refractivity contribution is -0.144. The van der Waals surface area contributed by atoms with Gasteiger partial charge in [-0.1, -0.05) is 30.3 Å². The summed E-state index contributed by atoms with van der Waals surface area (Å²) >= 11 is 0. The van der Waals surface area contributed by atoms with Crippen molar-refractivity contribution in [1.82, 2.24) is 20.4 Å². The zero-order valence-corrected chi connectivity index (χ0v) is 15.5. The summed E-state index contributed by atoms with van der Waals surface area (Å²) in [6.45, 7) is 2.09. The van der Waals surface area contributed by atoms with Crippen LogP contribution in [-0.4, -0.2) is 46.5 Å². The van der Waals surface area contributed by atoms with E-state index in [0.717, 1.165) is 37.1 Å². The number of nitrogens with one attached hydrogen (secondary N) is 2. The molecular formula is C21H26N4O2. The van der Waals surface area contributed by atoms with Gasteiger partial charge in [-0.25, -0.2) is 0 Å². The summed E-state index contributed by atoms with van der Waals surface area (Å²) < 4.78 is 0. The van der Waals surface area contributed by atoms with Crippen LogP contribution >= 0.6 is 0 Å². The van der Waals surface area contributed by atoms with Crippen LogP contribution in [0.25, 0.3) is 0 Å². The number of carbonyl (C=O) groups is 2. The molecule has 1 atom stereocenters. The Labute approximate surface area is 159 Å². The summed E-state index contributed by atoms with van der Waals surface area (Å²) in [4.78, 5) is 26.5. The molecule has 0 spiro atoms. The average molecular weight is 366 g/mol. The first kappa shape index (κ1) is 17.8. The van der Waals surface area contributed by atoms with E-state index in [1.165, 1.54) is 5.56 Å². The molecule has 0 bridgehead atoms. The summed E-state index contributed by atoms with van der Waals surface area (Å²) in [6, 6.07) is 12.5. The standard InChI is InChI=1S/C21H26N4O2/c26-20-18(7-4-10-22-20)21(27)25-11-8-16(9-12-25)19-14-17(23-24-19)13-15-5-2-1-3-6-15/h1-3,5-6,14,16,18H,4,7-13H2,(H,22,26)(H,23,24). The van der Waals surface area contributed by atoms with E-state index >= 15 is 0 Å². The van der Waals surface area contributed by atoms with Crippen molar-refractivity contribution in [2.24, 2.45) is 5.92 Å². The smallest absolute Gasteiger partial charge is 0.235 e. The normalized spacial score (nSPS) is 21.1. The minimum atomic E-state index is -0.488. The third-order valence-corrected chi connectivity index (χ3v) is 5.70. The van der Waals surface area contributed by atoms with Gasteiger partial charge in [-0.15, -0.1) is 0 Å². The molecule has 2 N–H and O–H groups in total. The zero-order valence-electron chi connectivity index (χ0n) is 15.5. The third-order valence-electron chi connectivity index (χ3n) is 5.70. The molecule has 2 aliphatic rings. The molecular weight excluding hydrogens is 340 g/mol. The minimum absolute atomic E-state index is 0.00237. The molecule has 6 nitrogen and oxygen atoms in total. The fourth-order valence-corrected chi connectivity index (χ4v) is 4.12. The number of nitrogens with zero attached hydrogens (tertiary/aromatic N) is 2. The predicted molar refractivity (Wildman–Crippen MR) is 102 cm³/mol. The van der Waals surface area contributed by atoms with Crippen molar-refractivity contribution < 1.29 is 9.59 Å². The Kier molecular flexibility index (Phi) is 5.23. The number of hydrogen-bond acceptors (Lipinski definition) is 3. The molecule has 2 fully saturated rings. The lowest BCUT2D eigenvalue weighted by Crippen LogP contribution is -2.48. The maximum absolute atomic E-state index is 12.7. The monoisotopic (exact) mass is 366 g/mol. The van der Waals surface area contributed by atoms with Crippen molar-refractivity contribution in [2.75, 3.05) is 19.6 Å². The van der Waals surface area contributed by atoms with Crippen molar-refractivity contribution in [3.8, 4) is 0 Å². The van der Waals surface area contributed by atoms with E-state index in [-0.39, 0.29) is 11.8 Å². The van der Waals surface area contributed by atoms with E-state index in [4.69, 9.17) is 0 Å². The third kappa shape index (κ3) is 4.04. The molecule has 1 unspecified atom stereocenters. The second-order valence-electron chi connectivity index (χ2n) is 7.57. The van der Waals surface area contributed by atoms with Crippen LogP contribution in [0.4, 0.5) is 0 Å². The van der Waals surface area contributed by atoms with Crippen LogP contribution in [0.3, 0.4) is 0 Å². The maximum Gasteiger partial charge on any atom is 0.235 e. The highest BCUT2D eigenvalue weighted by atomic mass is 16.2. The van der Waals surface area contributed by atoms with Gasteiger partial charge in [0.1, 0.15) is 5.92 Å². The van der Waals surface area contributed by atoms with Crippen LogP contribution in [0.5, 0.6) is 0 Å². The van der Waals surface area contributed by atoms with Gasteiger partial charge in [0, 0.05) is 37.7 Å². The summed E-state index contributed by atoms with van der Waals surface area (Å²) in [5, 5.41) is 10.5. The Morgan fingerprint density at radius 3 is 2.67 bits per heavy atom. The first-order valence-corrected chi connectivity index (χ1v) is 9.85. The Morgan fingerprint density at radius 1 is 1.15 bits per heavy atom.